The first-order valence-corrected chi connectivity index (χ1v) is 14.0. The predicted octanol–water partition coefficient (Wildman–Crippen LogP) is 3.12. The fourth-order valence-corrected chi connectivity index (χ4v) is 5.43. The molecule has 1 amide bonds. The van der Waals surface area contributed by atoms with Crippen LogP contribution < -0.4 is 16.0 Å². The van der Waals surface area contributed by atoms with E-state index in [-0.39, 0.29) is 23.5 Å². The summed E-state index contributed by atoms with van der Waals surface area (Å²) in [6.07, 6.45) is 2.74. The maximum Gasteiger partial charge on any atom is 0.281 e. The summed E-state index contributed by atoms with van der Waals surface area (Å²) >= 11 is 0. The van der Waals surface area contributed by atoms with Crippen LogP contribution in [0.1, 0.15) is 21.6 Å². The van der Waals surface area contributed by atoms with Gasteiger partial charge in [-0.3, -0.25) is 9.78 Å². The molecule has 202 valence electrons. The van der Waals surface area contributed by atoms with Crippen LogP contribution in [0.15, 0.2) is 65.7 Å². The van der Waals surface area contributed by atoms with Crippen LogP contribution in [-0.4, -0.2) is 60.6 Å². The minimum Gasteiger partial charge on any atom is -0.349 e. The number of hydrogen-bond donors (Lipinski definition) is 2. The summed E-state index contributed by atoms with van der Waals surface area (Å²) in [5.74, 6) is -3.01. The lowest BCUT2D eigenvalue weighted by atomic mass is 10.1. The molecule has 3 aromatic heterocycles. The summed E-state index contributed by atoms with van der Waals surface area (Å²) in [5.41, 5.74) is 8.60. The lowest BCUT2D eigenvalue weighted by Crippen LogP contribution is -2.38. The van der Waals surface area contributed by atoms with Crippen molar-refractivity contribution in [2.24, 2.45) is 5.73 Å². The number of sulfone groups is 1. The van der Waals surface area contributed by atoms with Gasteiger partial charge in [-0.05, 0) is 55.0 Å². The summed E-state index contributed by atoms with van der Waals surface area (Å²) in [7, 11) is -3.47. The molecule has 39 heavy (non-hydrogen) atoms. The third kappa shape index (κ3) is 5.57. The summed E-state index contributed by atoms with van der Waals surface area (Å²) < 4.78 is 51.9. The second-order valence-corrected chi connectivity index (χ2v) is 11.6. The number of carbonyl (C=O) groups is 1. The lowest BCUT2D eigenvalue weighted by Gasteiger charge is -2.17. The van der Waals surface area contributed by atoms with Crippen molar-refractivity contribution in [1.29, 1.82) is 0 Å². The number of aryl methyl sites for hydroxylation is 1. The molecule has 0 aliphatic carbocycles. The first-order chi connectivity index (χ1) is 18.4. The van der Waals surface area contributed by atoms with Crippen molar-refractivity contribution in [2.45, 2.75) is 30.3 Å². The summed E-state index contributed by atoms with van der Waals surface area (Å²) in [6.45, 7) is 1.28. The predicted molar refractivity (Wildman–Crippen MR) is 143 cm³/mol. The Labute approximate surface area is 224 Å². The maximum atomic E-state index is 13.9. The zero-order valence-electron chi connectivity index (χ0n) is 21.2. The summed E-state index contributed by atoms with van der Waals surface area (Å²) in [4.78, 5) is 27.9. The van der Waals surface area contributed by atoms with Crippen LogP contribution in [0.3, 0.4) is 0 Å². The molecule has 1 aliphatic heterocycles. The monoisotopic (exact) mass is 552 g/mol. The summed E-state index contributed by atoms with van der Waals surface area (Å²) in [6, 6.07) is 13.8. The van der Waals surface area contributed by atoms with Crippen LogP contribution in [0.5, 0.6) is 0 Å². The van der Waals surface area contributed by atoms with E-state index in [4.69, 9.17) is 5.73 Å². The largest absolute Gasteiger partial charge is 0.349 e. The highest BCUT2D eigenvalue weighted by atomic mass is 32.2. The van der Waals surface area contributed by atoms with E-state index in [1.807, 2.05) is 6.07 Å². The Morgan fingerprint density at radius 1 is 1.13 bits per heavy atom. The number of amides is 1. The number of carbonyl (C=O) groups excluding carboxylic acids is 1. The third-order valence-electron chi connectivity index (χ3n) is 6.59. The number of nitrogens with two attached hydrogens (primary N) is 1. The molecule has 1 atom stereocenters. The minimum absolute atomic E-state index is 0.00745. The number of pyridine rings is 3. The number of rotatable bonds is 6. The van der Waals surface area contributed by atoms with Crippen molar-refractivity contribution < 1.29 is 22.0 Å². The van der Waals surface area contributed by atoms with Crippen molar-refractivity contribution in [1.82, 2.24) is 20.3 Å². The molecule has 0 radical (unpaired) electrons. The van der Waals surface area contributed by atoms with Crippen molar-refractivity contribution in [3.05, 3.63) is 77.6 Å². The van der Waals surface area contributed by atoms with Crippen LogP contribution in [0, 0.1) is 6.92 Å². The molecule has 4 aromatic rings. The van der Waals surface area contributed by atoms with Gasteiger partial charge in [0.25, 0.3) is 11.8 Å². The van der Waals surface area contributed by atoms with Gasteiger partial charge < -0.3 is 16.0 Å². The molecule has 3 N–H and O–H groups in total. The molecule has 0 spiro atoms. The first kappa shape index (κ1) is 26.6. The first-order valence-electron chi connectivity index (χ1n) is 12.1. The van der Waals surface area contributed by atoms with Crippen LogP contribution in [0.2, 0.25) is 0 Å². The van der Waals surface area contributed by atoms with E-state index in [1.54, 1.807) is 55.6 Å². The zero-order valence-corrected chi connectivity index (χ0v) is 22.0. The van der Waals surface area contributed by atoms with Gasteiger partial charge in [-0.1, -0.05) is 12.1 Å². The molecule has 0 bridgehead atoms. The molecule has 9 nitrogen and oxygen atoms in total. The van der Waals surface area contributed by atoms with Gasteiger partial charge in [0, 0.05) is 29.9 Å². The van der Waals surface area contributed by atoms with E-state index in [9.17, 15) is 22.0 Å². The smallest absolute Gasteiger partial charge is 0.281 e. The maximum absolute atomic E-state index is 13.9. The molecule has 12 heteroatoms. The van der Waals surface area contributed by atoms with E-state index in [2.05, 4.69) is 20.3 Å². The molecule has 1 saturated heterocycles. The number of aromatic nitrogens is 3. The number of hydrogen-bond acceptors (Lipinski definition) is 8. The highest BCUT2D eigenvalue weighted by molar-refractivity contribution is 7.90. The van der Waals surface area contributed by atoms with Gasteiger partial charge in [0.1, 0.15) is 5.82 Å². The van der Waals surface area contributed by atoms with Crippen LogP contribution >= 0.6 is 0 Å². The molecule has 1 fully saturated rings. The highest BCUT2D eigenvalue weighted by Crippen LogP contribution is 2.30. The quantitative estimate of drug-likeness (QED) is 0.373. The van der Waals surface area contributed by atoms with E-state index < -0.39 is 34.3 Å². The van der Waals surface area contributed by atoms with Gasteiger partial charge in [0.05, 0.1) is 46.6 Å². The van der Waals surface area contributed by atoms with E-state index in [0.717, 1.165) is 11.6 Å². The zero-order chi connectivity index (χ0) is 27.9. The molecular formula is C27H26F2N6O3S. The molecular weight excluding hydrogens is 526 g/mol. The highest BCUT2D eigenvalue weighted by Gasteiger charge is 2.46. The van der Waals surface area contributed by atoms with Crippen LogP contribution in [-0.2, 0) is 16.4 Å². The summed E-state index contributed by atoms with van der Waals surface area (Å²) in [5, 5.41) is 3.53. The van der Waals surface area contributed by atoms with Crippen molar-refractivity contribution in [2.75, 3.05) is 24.2 Å². The van der Waals surface area contributed by atoms with Gasteiger partial charge in [-0.2, -0.15) is 0 Å². The second kappa shape index (κ2) is 9.93. The molecule has 1 aliphatic rings. The van der Waals surface area contributed by atoms with Crippen molar-refractivity contribution >= 4 is 32.5 Å². The Kier molecular flexibility index (Phi) is 6.77. The fraction of sp³-hybridized carbons (Fsp3) is 0.259. The number of halogens is 2. The molecule has 0 saturated carbocycles. The molecule has 4 heterocycles. The Bertz CT molecular complexity index is 1700. The van der Waals surface area contributed by atoms with Crippen LogP contribution in [0.4, 0.5) is 14.6 Å². The average molecular weight is 553 g/mol. The minimum atomic E-state index is -3.47. The number of fused-ring (bicyclic) bond motifs is 1. The van der Waals surface area contributed by atoms with Crippen molar-refractivity contribution in [3.8, 4) is 11.4 Å². The van der Waals surface area contributed by atoms with Crippen LogP contribution in [0.25, 0.3) is 22.3 Å². The molecule has 1 aromatic carbocycles. The van der Waals surface area contributed by atoms with Gasteiger partial charge in [0.15, 0.2) is 9.84 Å². The Hall–Kier alpha value is -4.03. The lowest BCUT2D eigenvalue weighted by molar-refractivity contribution is 0.00962. The number of nitrogens with zero attached hydrogens (tertiary/aromatic N) is 4. The average Bonchev–Trinajstić information content (AvgIpc) is 3.18. The van der Waals surface area contributed by atoms with Gasteiger partial charge in [0.2, 0.25) is 0 Å². The Morgan fingerprint density at radius 2 is 1.90 bits per heavy atom. The number of nitrogens with one attached hydrogen (secondary N) is 1. The Balaban J connectivity index is 1.34. The third-order valence-corrected chi connectivity index (χ3v) is 7.83. The normalized spacial score (nSPS) is 16.9. The fourth-order valence-electron chi connectivity index (χ4n) is 4.43. The Morgan fingerprint density at radius 3 is 2.62 bits per heavy atom. The van der Waals surface area contributed by atoms with E-state index in [0.29, 0.717) is 34.0 Å². The number of benzene rings is 1. The SMILES string of the molecule is Cc1ccc(C(=O)NCc2cc3nc(-c4cccc(N5CC(N)C(F)(F)C5)n4)ccc3cn2)cc1S(C)(=O)=O. The van der Waals surface area contributed by atoms with Crippen molar-refractivity contribution in [3.63, 3.8) is 0 Å². The van der Waals surface area contributed by atoms with Gasteiger partial charge in [-0.25, -0.2) is 27.2 Å². The van der Waals surface area contributed by atoms with Gasteiger partial charge >= 0.3 is 0 Å². The topological polar surface area (TPSA) is 131 Å². The molecule has 5 rings (SSSR count). The number of anilines is 1. The molecule has 1 unspecified atom stereocenters. The van der Waals surface area contributed by atoms with E-state index in [1.165, 1.54) is 11.0 Å². The van der Waals surface area contributed by atoms with E-state index >= 15 is 0 Å². The number of alkyl halides is 2. The second-order valence-electron chi connectivity index (χ2n) is 9.63. The van der Waals surface area contributed by atoms with Gasteiger partial charge in [-0.15, -0.1) is 0 Å². The standard InChI is InChI=1S/C27H26F2N6O3S/c1-16-6-7-17(10-23(16)39(2,37)38)26(36)32-13-19-11-22-18(12-31-19)8-9-21(33-22)20-4-3-5-25(34-20)35-14-24(30)27(28,29)15-35/h3-12,24H,13-15,30H2,1-2H3,(H,32,36).